The van der Waals surface area contributed by atoms with Crippen LogP contribution in [0, 0.1) is 0 Å². The minimum atomic E-state index is -0.336. The van der Waals surface area contributed by atoms with Gasteiger partial charge in [0.25, 0.3) is 0 Å². The molecular formula is C14H16O5. The normalized spacial score (nSPS) is 10.4. The molecule has 19 heavy (non-hydrogen) atoms. The molecule has 0 atom stereocenters. The van der Waals surface area contributed by atoms with Crippen LogP contribution >= 0.6 is 0 Å². The molecule has 0 spiro atoms. The van der Waals surface area contributed by atoms with Crippen LogP contribution in [0.2, 0.25) is 0 Å². The van der Waals surface area contributed by atoms with Gasteiger partial charge in [-0.25, -0.2) is 0 Å². The van der Waals surface area contributed by atoms with Crippen molar-refractivity contribution in [2.45, 2.75) is 13.3 Å². The number of methoxy groups -OCH3 is 1. The summed E-state index contributed by atoms with van der Waals surface area (Å²) in [6, 6.07) is 2.84. The summed E-state index contributed by atoms with van der Waals surface area (Å²) in [5, 5.41) is 9.55. The summed E-state index contributed by atoms with van der Waals surface area (Å²) in [4.78, 5) is 22.1. The quantitative estimate of drug-likeness (QED) is 0.629. The highest BCUT2D eigenvalue weighted by Gasteiger charge is 2.07. The Kier molecular flexibility index (Phi) is 5.60. The fourth-order valence-corrected chi connectivity index (χ4v) is 1.51. The highest BCUT2D eigenvalue weighted by molar-refractivity contribution is 5.84. The zero-order valence-electron chi connectivity index (χ0n) is 10.9. The average molecular weight is 264 g/mol. The van der Waals surface area contributed by atoms with Gasteiger partial charge in [0.2, 0.25) is 0 Å². The molecule has 5 nitrogen and oxygen atoms in total. The Hall–Kier alpha value is -2.30. The average Bonchev–Trinajstić information content (AvgIpc) is 2.40. The maximum Gasteiger partial charge on any atom is 0.309 e. The Morgan fingerprint density at radius 2 is 2.11 bits per heavy atom. The van der Waals surface area contributed by atoms with Crippen LogP contribution in [-0.4, -0.2) is 31.1 Å². The summed E-state index contributed by atoms with van der Waals surface area (Å²) in [7, 11) is 1.42. The molecule has 0 bridgehead atoms. The molecule has 1 rings (SSSR count). The number of aldehydes is 1. The Balaban J connectivity index is 2.90. The lowest BCUT2D eigenvalue weighted by Gasteiger charge is -2.06. The topological polar surface area (TPSA) is 72.8 Å². The monoisotopic (exact) mass is 264 g/mol. The van der Waals surface area contributed by atoms with Gasteiger partial charge < -0.3 is 14.6 Å². The van der Waals surface area contributed by atoms with E-state index in [0.29, 0.717) is 24.0 Å². The molecule has 5 heteroatoms. The van der Waals surface area contributed by atoms with Gasteiger partial charge in [0.15, 0.2) is 17.8 Å². The largest absolute Gasteiger partial charge is 0.504 e. The molecule has 1 aromatic rings. The first-order chi connectivity index (χ1) is 9.12. The van der Waals surface area contributed by atoms with E-state index in [0.717, 1.165) is 0 Å². The molecule has 0 unspecified atom stereocenters. The molecule has 0 aromatic heterocycles. The van der Waals surface area contributed by atoms with Crippen LogP contribution in [0.5, 0.6) is 11.5 Å². The molecule has 0 heterocycles. The van der Waals surface area contributed by atoms with Gasteiger partial charge in [-0.05, 0) is 24.6 Å². The van der Waals surface area contributed by atoms with Crippen molar-refractivity contribution < 1.29 is 24.2 Å². The SMILES string of the molecule is CCOC(=O)CC=Cc1cc(OC)c(O)cc1C=O. The van der Waals surface area contributed by atoms with Gasteiger partial charge in [0.05, 0.1) is 20.1 Å². The number of hydrogen-bond donors (Lipinski definition) is 1. The number of hydrogen-bond acceptors (Lipinski definition) is 5. The van der Waals surface area contributed by atoms with Gasteiger partial charge >= 0.3 is 5.97 Å². The van der Waals surface area contributed by atoms with E-state index in [9.17, 15) is 14.7 Å². The molecule has 0 amide bonds. The van der Waals surface area contributed by atoms with Crippen molar-refractivity contribution in [3.63, 3.8) is 0 Å². The summed E-state index contributed by atoms with van der Waals surface area (Å²) in [6.45, 7) is 2.07. The van der Waals surface area contributed by atoms with Crippen LogP contribution in [0.4, 0.5) is 0 Å². The lowest BCUT2D eigenvalue weighted by Crippen LogP contribution is -2.01. The fraction of sp³-hybridized carbons (Fsp3) is 0.286. The highest BCUT2D eigenvalue weighted by atomic mass is 16.5. The lowest BCUT2D eigenvalue weighted by atomic mass is 10.1. The van der Waals surface area contributed by atoms with Crippen LogP contribution < -0.4 is 4.74 Å². The Morgan fingerprint density at radius 3 is 2.68 bits per heavy atom. The number of esters is 1. The third-order valence-corrected chi connectivity index (χ3v) is 2.40. The number of benzene rings is 1. The van der Waals surface area contributed by atoms with Crippen LogP contribution in [0.1, 0.15) is 29.3 Å². The van der Waals surface area contributed by atoms with Gasteiger partial charge in [-0.15, -0.1) is 0 Å². The van der Waals surface area contributed by atoms with Crippen molar-refractivity contribution in [2.24, 2.45) is 0 Å². The van der Waals surface area contributed by atoms with Crippen molar-refractivity contribution >= 4 is 18.3 Å². The molecule has 0 saturated heterocycles. The first-order valence-electron chi connectivity index (χ1n) is 5.80. The highest BCUT2D eigenvalue weighted by Crippen LogP contribution is 2.29. The molecular weight excluding hydrogens is 248 g/mol. The van der Waals surface area contributed by atoms with Gasteiger partial charge in [-0.3, -0.25) is 9.59 Å². The molecule has 0 aliphatic rings. The van der Waals surface area contributed by atoms with Gasteiger partial charge in [0.1, 0.15) is 0 Å². The van der Waals surface area contributed by atoms with Crippen molar-refractivity contribution in [1.82, 2.24) is 0 Å². The van der Waals surface area contributed by atoms with Crippen LogP contribution in [0.25, 0.3) is 6.08 Å². The van der Waals surface area contributed by atoms with E-state index >= 15 is 0 Å². The van der Waals surface area contributed by atoms with E-state index in [1.807, 2.05) is 0 Å². The van der Waals surface area contributed by atoms with E-state index in [2.05, 4.69) is 0 Å². The van der Waals surface area contributed by atoms with Crippen molar-refractivity contribution in [3.8, 4) is 11.5 Å². The zero-order chi connectivity index (χ0) is 14.3. The lowest BCUT2D eigenvalue weighted by molar-refractivity contribution is -0.142. The number of ether oxygens (including phenoxy) is 2. The van der Waals surface area contributed by atoms with Gasteiger partial charge in [-0.1, -0.05) is 12.2 Å². The van der Waals surface area contributed by atoms with Crippen LogP contribution in [0.3, 0.4) is 0 Å². The minimum absolute atomic E-state index is 0.104. The second-order valence-corrected chi connectivity index (χ2v) is 3.68. The summed E-state index contributed by atoms with van der Waals surface area (Å²) in [5.41, 5.74) is 0.882. The number of phenolic OH excluding ortho intramolecular Hbond substituents is 1. The third-order valence-electron chi connectivity index (χ3n) is 2.40. The Labute approximate surface area is 111 Å². The summed E-state index contributed by atoms with van der Waals surface area (Å²) < 4.78 is 9.74. The predicted octanol–water partition coefficient (Wildman–Crippen LogP) is 2.18. The standard InChI is InChI=1S/C14H16O5/c1-3-19-14(17)6-4-5-10-8-13(18-2)12(16)7-11(10)9-15/h4-5,7-9,16H,3,6H2,1-2H3. The molecule has 0 fully saturated rings. The van der Waals surface area contributed by atoms with Crippen molar-refractivity contribution in [2.75, 3.05) is 13.7 Å². The maximum atomic E-state index is 11.2. The molecule has 1 aromatic carbocycles. The molecule has 102 valence electrons. The first kappa shape index (κ1) is 14.8. The molecule has 1 N–H and O–H groups in total. The zero-order valence-corrected chi connectivity index (χ0v) is 10.9. The number of aromatic hydroxyl groups is 1. The predicted molar refractivity (Wildman–Crippen MR) is 70.3 cm³/mol. The molecule has 0 aliphatic carbocycles. The Bertz CT molecular complexity index is 491. The van der Waals surface area contributed by atoms with Crippen molar-refractivity contribution in [1.29, 1.82) is 0 Å². The van der Waals surface area contributed by atoms with E-state index in [-0.39, 0.29) is 23.9 Å². The number of rotatable bonds is 6. The summed E-state index contributed by atoms with van der Waals surface area (Å²) in [5.74, 6) is -0.175. The third kappa shape index (κ3) is 4.13. The van der Waals surface area contributed by atoms with E-state index < -0.39 is 0 Å². The Morgan fingerprint density at radius 1 is 1.37 bits per heavy atom. The smallest absolute Gasteiger partial charge is 0.309 e. The van der Waals surface area contributed by atoms with Gasteiger partial charge in [0, 0.05) is 5.56 Å². The second-order valence-electron chi connectivity index (χ2n) is 3.68. The van der Waals surface area contributed by atoms with Crippen molar-refractivity contribution in [3.05, 3.63) is 29.3 Å². The van der Waals surface area contributed by atoms with E-state index in [1.54, 1.807) is 19.1 Å². The van der Waals surface area contributed by atoms with Crippen LogP contribution in [0.15, 0.2) is 18.2 Å². The minimum Gasteiger partial charge on any atom is -0.504 e. The van der Waals surface area contributed by atoms with E-state index in [4.69, 9.17) is 9.47 Å². The first-order valence-corrected chi connectivity index (χ1v) is 5.80. The molecule has 0 aliphatic heterocycles. The second kappa shape index (κ2) is 7.20. The number of phenols is 1. The number of carbonyl (C=O) groups is 2. The van der Waals surface area contributed by atoms with E-state index in [1.165, 1.54) is 19.2 Å². The summed E-state index contributed by atoms with van der Waals surface area (Å²) >= 11 is 0. The number of carbonyl (C=O) groups excluding carboxylic acids is 2. The summed E-state index contributed by atoms with van der Waals surface area (Å²) in [6.07, 6.45) is 3.96. The van der Waals surface area contributed by atoms with Gasteiger partial charge in [-0.2, -0.15) is 0 Å². The van der Waals surface area contributed by atoms with Crippen LogP contribution in [-0.2, 0) is 9.53 Å². The fourth-order valence-electron chi connectivity index (χ4n) is 1.51. The molecule has 0 radical (unpaired) electrons. The maximum absolute atomic E-state index is 11.2. The molecule has 0 saturated carbocycles.